The molecule has 0 aliphatic heterocycles. The summed E-state index contributed by atoms with van der Waals surface area (Å²) in [6.45, 7) is 1.47. The Hall–Kier alpha value is -1.30. The van der Waals surface area contributed by atoms with Crippen molar-refractivity contribution in [1.29, 1.82) is 0 Å². The first-order valence-electron chi connectivity index (χ1n) is 7.95. The van der Waals surface area contributed by atoms with Crippen molar-refractivity contribution >= 4 is 12.0 Å². The standard InChI is InChI=1S/C15H26N2O4/c18-13(19)10-15(6-3-7-15)11-17-14(20)16-8-9-21-12-4-1-2-5-12/h12H,1-11H2,(H,18,19)(H2,16,17,20). The van der Waals surface area contributed by atoms with Crippen LogP contribution < -0.4 is 10.6 Å². The molecule has 2 aliphatic carbocycles. The molecule has 6 nitrogen and oxygen atoms in total. The number of amides is 2. The van der Waals surface area contributed by atoms with Crippen molar-refractivity contribution in [3.8, 4) is 0 Å². The fourth-order valence-corrected chi connectivity index (χ4v) is 3.19. The topological polar surface area (TPSA) is 87.7 Å². The maximum Gasteiger partial charge on any atom is 0.314 e. The van der Waals surface area contributed by atoms with Crippen molar-refractivity contribution < 1.29 is 19.4 Å². The average Bonchev–Trinajstić information content (AvgIpc) is 2.90. The number of rotatable bonds is 8. The van der Waals surface area contributed by atoms with Gasteiger partial charge in [-0.05, 0) is 31.1 Å². The molecule has 0 aromatic carbocycles. The molecule has 2 aliphatic rings. The normalized spacial score (nSPS) is 20.8. The molecule has 0 saturated heterocycles. The minimum atomic E-state index is -0.790. The van der Waals surface area contributed by atoms with Crippen molar-refractivity contribution in [2.75, 3.05) is 19.7 Å². The van der Waals surface area contributed by atoms with E-state index < -0.39 is 5.97 Å². The van der Waals surface area contributed by atoms with Gasteiger partial charge in [-0.15, -0.1) is 0 Å². The van der Waals surface area contributed by atoms with E-state index >= 15 is 0 Å². The van der Waals surface area contributed by atoms with Crippen LogP contribution in [-0.4, -0.2) is 42.9 Å². The maximum absolute atomic E-state index is 11.7. The number of urea groups is 1. The van der Waals surface area contributed by atoms with E-state index in [1.807, 2.05) is 0 Å². The Balaban J connectivity index is 1.55. The summed E-state index contributed by atoms with van der Waals surface area (Å²) in [5.41, 5.74) is -0.233. The quantitative estimate of drug-likeness (QED) is 0.597. The zero-order valence-electron chi connectivity index (χ0n) is 12.5. The third-order valence-electron chi connectivity index (χ3n) is 4.61. The highest BCUT2D eigenvalue weighted by atomic mass is 16.5. The third kappa shape index (κ3) is 5.19. The predicted octanol–water partition coefficient (Wildman–Crippen LogP) is 1.89. The first kappa shape index (κ1) is 16.1. The number of carboxylic acids is 1. The van der Waals surface area contributed by atoms with Gasteiger partial charge in [0.05, 0.1) is 19.1 Å². The highest BCUT2D eigenvalue weighted by molar-refractivity contribution is 5.74. The van der Waals surface area contributed by atoms with E-state index in [4.69, 9.17) is 9.84 Å². The lowest BCUT2D eigenvalue weighted by molar-refractivity contribution is -0.141. The van der Waals surface area contributed by atoms with Gasteiger partial charge >= 0.3 is 12.0 Å². The Kier molecular flexibility index (Phi) is 5.85. The highest BCUT2D eigenvalue weighted by Crippen LogP contribution is 2.43. The molecule has 0 radical (unpaired) electrons. The lowest BCUT2D eigenvalue weighted by atomic mass is 9.66. The van der Waals surface area contributed by atoms with Crippen LogP contribution in [0.4, 0.5) is 4.79 Å². The van der Waals surface area contributed by atoms with E-state index in [0.717, 1.165) is 32.1 Å². The first-order valence-corrected chi connectivity index (χ1v) is 7.95. The molecule has 6 heteroatoms. The first-order chi connectivity index (χ1) is 10.1. The van der Waals surface area contributed by atoms with Crippen LogP contribution in [0, 0.1) is 5.41 Å². The summed E-state index contributed by atoms with van der Waals surface area (Å²) in [7, 11) is 0. The Bertz CT molecular complexity index is 363. The molecule has 3 N–H and O–H groups in total. The summed E-state index contributed by atoms with van der Waals surface area (Å²) < 4.78 is 5.66. The van der Waals surface area contributed by atoms with E-state index in [-0.39, 0.29) is 17.9 Å². The van der Waals surface area contributed by atoms with E-state index in [1.165, 1.54) is 12.8 Å². The zero-order chi connectivity index (χ0) is 15.1. The van der Waals surface area contributed by atoms with Crippen LogP contribution >= 0.6 is 0 Å². The minimum Gasteiger partial charge on any atom is -0.481 e. The van der Waals surface area contributed by atoms with Crippen molar-refractivity contribution in [2.45, 2.75) is 57.5 Å². The van der Waals surface area contributed by atoms with Crippen LogP contribution in [0.25, 0.3) is 0 Å². The van der Waals surface area contributed by atoms with Crippen LogP contribution in [0.2, 0.25) is 0 Å². The summed E-state index contributed by atoms with van der Waals surface area (Å²) in [6.07, 6.45) is 8.05. The fourth-order valence-electron chi connectivity index (χ4n) is 3.19. The van der Waals surface area contributed by atoms with Crippen molar-refractivity contribution in [3.05, 3.63) is 0 Å². The Labute approximate surface area is 125 Å². The van der Waals surface area contributed by atoms with Gasteiger partial charge in [0.25, 0.3) is 0 Å². The van der Waals surface area contributed by atoms with Gasteiger partial charge in [0.15, 0.2) is 0 Å². The molecule has 120 valence electrons. The number of hydrogen-bond acceptors (Lipinski definition) is 3. The number of carbonyl (C=O) groups is 2. The van der Waals surface area contributed by atoms with Crippen molar-refractivity contribution in [1.82, 2.24) is 10.6 Å². The monoisotopic (exact) mass is 298 g/mol. The van der Waals surface area contributed by atoms with Gasteiger partial charge in [-0.3, -0.25) is 4.79 Å². The van der Waals surface area contributed by atoms with E-state index in [0.29, 0.717) is 25.8 Å². The molecule has 0 unspecified atom stereocenters. The van der Waals surface area contributed by atoms with Crippen molar-refractivity contribution in [2.24, 2.45) is 5.41 Å². The number of carbonyl (C=O) groups excluding carboxylic acids is 1. The number of ether oxygens (including phenoxy) is 1. The summed E-state index contributed by atoms with van der Waals surface area (Å²) >= 11 is 0. The summed E-state index contributed by atoms with van der Waals surface area (Å²) in [6, 6.07) is -0.235. The second kappa shape index (κ2) is 7.64. The largest absolute Gasteiger partial charge is 0.481 e. The highest BCUT2D eigenvalue weighted by Gasteiger charge is 2.39. The molecular formula is C15H26N2O4. The molecule has 0 atom stereocenters. The molecule has 2 fully saturated rings. The summed E-state index contributed by atoms with van der Waals surface area (Å²) in [5.74, 6) is -0.790. The average molecular weight is 298 g/mol. The number of aliphatic carboxylic acids is 1. The molecular weight excluding hydrogens is 272 g/mol. The minimum absolute atomic E-state index is 0.137. The lowest BCUT2D eigenvalue weighted by Crippen LogP contribution is -2.47. The second-order valence-corrected chi connectivity index (χ2v) is 6.31. The Morgan fingerprint density at radius 3 is 2.43 bits per heavy atom. The fraction of sp³-hybridized carbons (Fsp3) is 0.867. The predicted molar refractivity (Wildman–Crippen MR) is 78.1 cm³/mol. The van der Waals surface area contributed by atoms with Gasteiger partial charge in [-0.1, -0.05) is 19.3 Å². The van der Waals surface area contributed by atoms with Gasteiger partial charge in [-0.25, -0.2) is 4.79 Å². The molecule has 2 amide bonds. The van der Waals surface area contributed by atoms with Crippen molar-refractivity contribution in [3.63, 3.8) is 0 Å². The van der Waals surface area contributed by atoms with E-state index in [9.17, 15) is 9.59 Å². The molecule has 0 spiro atoms. The second-order valence-electron chi connectivity index (χ2n) is 6.31. The summed E-state index contributed by atoms with van der Waals surface area (Å²) in [4.78, 5) is 22.5. The molecule has 2 rings (SSSR count). The van der Waals surface area contributed by atoms with Crippen LogP contribution in [0.15, 0.2) is 0 Å². The molecule has 0 heterocycles. The molecule has 0 aromatic heterocycles. The number of nitrogens with one attached hydrogen (secondary N) is 2. The van der Waals surface area contributed by atoms with Crippen LogP contribution in [0.1, 0.15) is 51.4 Å². The molecule has 21 heavy (non-hydrogen) atoms. The third-order valence-corrected chi connectivity index (χ3v) is 4.61. The van der Waals surface area contributed by atoms with Gasteiger partial charge < -0.3 is 20.5 Å². The number of carboxylic acid groups (broad SMARTS) is 1. The molecule has 0 aromatic rings. The Morgan fingerprint density at radius 1 is 1.14 bits per heavy atom. The zero-order valence-corrected chi connectivity index (χ0v) is 12.5. The maximum atomic E-state index is 11.7. The van der Waals surface area contributed by atoms with E-state index in [1.54, 1.807) is 0 Å². The Morgan fingerprint density at radius 2 is 1.86 bits per heavy atom. The smallest absolute Gasteiger partial charge is 0.314 e. The van der Waals surface area contributed by atoms with Gasteiger partial charge in [0.2, 0.25) is 0 Å². The van der Waals surface area contributed by atoms with E-state index in [2.05, 4.69) is 10.6 Å². The van der Waals surface area contributed by atoms with Gasteiger partial charge in [-0.2, -0.15) is 0 Å². The summed E-state index contributed by atoms with van der Waals surface area (Å²) in [5, 5.41) is 14.5. The van der Waals surface area contributed by atoms with Crippen LogP contribution in [-0.2, 0) is 9.53 Å². The molecule has 2 saturated carbocycles. The van der Waals surface area contributed by atoms with Gasteiger partial charge in [0.1, 0.15) is 0 Å². The van der Waals surface area contributed by atoms with Gasteiger partial charge in [0, 0.05) is 13.1 Å². The molecule has 0 bridgehead atoms. The SMILES string of the molecule is O=C(O)CC1(CNC(=O)NCCOC2CCCC2)CCC1. The van der Waals surface area contributed by atoms with Crippen LogP contribution in [0.5, 0.6) is 0 Å². The van der Waals surface area contributed by atoms with Crippen LogP contribution in [0.3, 0.4) is 0 Å². The number of hydrogen-bond donors (Lipinski definition) is 3. The lowest BCUT2D eigenvalue weighted by Gasteiger charge is -2.40.